The van der Waals surface area contributed by atoms with Gasteiger partial charge in [-0.2, -0.15) is 0 Å². The van der Waals surface area contributed by atoms with Crippen molar-refractivity contribution < 1.29 is 19.1 Å². The van der Waals surface area contributed by atoms with E-state index >= 15 is 0 Å². The number of hydrogen-bond acceptors (Lipinski definition) is 3. The second-order valence-electron chi connectivity index (χ2n) is 4.73. The summed E-state index contributed by atoms with van der Waals surface area (Å²) in [6, 6.07) is 0. The van der Waals surface area contributed by atoms with Crippen molar-refractivity contribution in [3.05, 3.63) is 23.2 Å². The average molecular weight is 253 g/mol. The zero-order chi connectivity index (χ0) is 13.7. The van der Waals surface area contributed by atoms with Crippen molar-refractivity contribution in [1.82, 2.24) is 5.32 Å². The van der Waals surface area contributed by atoms with Gasteiger partial charge in [-0.25, -0.2) is 0 Å². The highest BCUT2D eigenvalue weighted by Crippen LogP contribution is 2.17. The topological polar surface area (TPSA) is 79.5 Å². The van der Waals surface area contributed by atoms with E-state index in [1.165, 1.54) is 6.26 Å². The standard InChI is InChI=1S/C13H19NO4/c1-8(2)4-5-14-13(17)12-9(3)7-18-10(12)6-11(15)16/h7-8H,4-6H2,1-3H3,(H,14,17)(H,15,16). The van der Waals surface area contributed by atoms with Crippen LogP contribution in [0.3, 0.4) is 0 Å². The van der Waals surface area contributed by atoms with Crippen molar-refractivity contribution in [2.75, 3.05) is 6.54 Å². The normalized spacial score (nSPS) is 10.7. The van der Waals surface area contributed by atoms with E-state index in [2.05, 4.69) is 19.2 Å². The highest BCUT2D eigenvalue weighted by molar-refractivity contribution is 5.97. The van der Waals surface area contributed by atoms with Crippen molar-refractivity contribution >= 4 is 11.9 Å². The summed E-state index contributed by atoms with van der Waals surface area (Å²) >= 11 is 0. The summed E-state index contributed by atoms with van der Waals surface area (Å²) in [4.78, 5) is 22.6. The van der Waals surface area contributed by atoms with Gasteiger partial charge in [0.15, 0.2) is 0 Å². The summed E-state index contributed by atoms with van der Waals surface area (Å²) in [5, 5.41) is 11.5. The van der Waals surface area contributed by atoms with Crippen molar-refractivity contribution in [1.29, 1.82) is 0 Å². The molecule has 0 aliphatic carbocycles. The molecule has 0 atom stereocenters. The molecule has 0 unspecified atom stereocenters. The second kappa shape index (κ2) is 6.23. The maximum Gasteiger partial charge on any atom is 0.311 e. The Morgan fingerprint density at radius 3 is 2.67 bits per heavy atom. The van der Waals surface area contributed by atoms with Crippen molar-refractivity contribution in [2.45, 2.75) is 33.6 Å². The second-order valence-corrected chi connectivity index (χ2v) is 4.73. The van der Waals surface area contributed by atoms with Crippen LogP contribution in [0, 0.1) is 12.8 Å². The number of nitrogens with one attached hydrogen (secondary N) is 1. The van der Waals surface area contributed by atoms with Gasteiger partial charge < -0.3 is 14.8 Å². The van der Waals surface area contributed by atoms with E-state index in [1.54, 1.807) is 6.92 Å². The average Bonchev–Trinajstić information content (AvgIpc) is 2.58. The number of carboxylic acid groups (broad SMARTS) is 1. The molecule has 1 aromatic heterocycles. The lowest BCUT2D eigenvalue weighted by molar-refractivity contribution is -0.136. The largest absolute Gasteiger partial charge is 0.481 e. The number of aryl methyl sites for hydroxylation is 1. The number of hydrogen-bond donors (Lipinski definition) is 2. The molecule has 0 aliphatic heterocycles. The van der Waals surface area contributed by atoms with Crippen LogP contribution in [0.2, 0.25) is 0 Å². The van der Waals surface area contributed by atoms with E-state index in [1.807, 2.05) is 0 Å². The van der Waals surface area contributed by atoms with Gasteiger partial charge in [-0.05, 0) is 19.3 Å². The van der Waals surface area contributed by atoms with Crippen molar-refractivity contribution in [2.24, 2.45) is 5.92 Å². The van der Waals surface area contributed by atoms with E-state index in [0.717, 1.165) is 6.42 Å². The molecule has 5 heteroatoms. The number of aliphatic carboxylic acids is 1. The lowest BCUT2D eigenvalue weighted by Crippen LogP contribution is -2.26. The summed E-state index contributed by atoms with van der Waals surface area (Å²) in [5.41, 5.74) is 1.01. The summed E-state index contributed by atoms with van der Waals surface area (Å²) in [6.07, 6.45) is 2.02. The molecular formula is C13H19NO4. The predicted octanol–water partition coefficient (Wildman–Crippen LogP) is 1.99. The van der Waals surface area contributed by atoms with Gasteiger partial charge in [0.1, 0.15) is 12.2 Å². The van der Waals surface area contributed by atoms with E-state index < -0.39 is 5.97 Å². The Hall–Kier alpha value is -1.78. The first-order valence-corrected chi connectivity index (χ1v) is 5.98. The van der Waals surface area contributed by atoms with Crippen LogP contribution in [-0.2, 0) is 11.2 Å². The third-order valence-electron chi connectivity index (χ3n) is 2.60. The third kappa shape index (κ3) is 3.91. The van der Waals surface area contributed by atoms with Crippen LogP contribution in [0.5, 0.6) is 0 Å². The zero-order valence-corrected chi connectivity index (χ0v) is 10.9. The summed E-state index contributed by atoms with van der Waals surface area (Å²) in [5.74, 6) is -0.560. The molecule has 5 nitrogen and oxygen atoms in total. The highest BCUT2D eigenvalue weighted by Gasteiger charge is 2.20. The van der Waals surface area contributed by atoms with Crippen molar-refractivity contribution in [3.63, 3.8) is 0 Å². The number of rotatable bonds is 6. The van der Waals surface area contributed by atoms with Gasteiger partial charge in [-0.15, -0.1) is 0 Å². The van der Waals surface area contributed by atoms with E-state index in [0.29, 0.717) is 23.6 Å². The molecule has 0 radical (unpaired) electrons. The molecule has 0 aliphatic rings. The molecule has 0 aromatic carbocycles. The Balaban J connectivity index is 2.72. The van der Waals surface area contributed by atoms with Crippen LogP contribution >= 0.6 is 0 Å². The first kappa shape index (κ1) is 14.3. The summed E-state index contributed by atoms with van der Waals surface area (Å²) in [7, 11) is 0. The molecule has 100 valence electrons. The highest BCUT2D eigenvalue weighted by atomic mass is 16.4. The minimum Gasteiger partial charge on any atom is -0.481 e. The minimum atomic E-state index is -1.01. The van der Waals surface area contributed by atoms with Crippen LogP contribution in [-0.4, -0.2) is 23.5 Å². The lowest BCUT2D eigenvalue weighted by Gasteiger charge is -2.07. The molecule has 1 amide bonds. The van der Waals surface area contributed by atoms with Crippen LogP contribution < -0.4 is 5.32 Å². The quantitative estimate of drug-likeness (QED) is 0.812. The lowest BCUT2D eigenvalue weighted by atomic mass is 10.1. The third-order valence-corrected chi connectivity index (χ3v) is 2.60. The molecule has 0 saturated carbocycles. The molecule has 0 spiro atoms. The van der Waals surface area contributed by atoms with Crippen LogP contribution in [0.4, 0.5) is 0 Å². The monoisotopic (exact) mass is 253 g/mol. The van der Waals surface area contributed by atoms with E-state index in [-0.39, 0.29) is 18.1 Å². The zero-order valence-electron chi connectivity index (χ0n) is 10.9. The molecule has 1 heterocycles. The Labute approximate surface area is 106 Å². The Morgan fingerprint density at radius 1 is 1.44 bits per heavy atom. The van der Waals surface area contributed by atoms with Gasteiger partial charge in [-0.3, -0.25) is 9.59 Å². The number of furan rings is 1. The smallest absolute Gasteiger partial charge is 0.311 e. The minimum absolute atomic E-state index is 0.210. The molecule has 2 N–H and O–H groups in total. The Morgan fingerprint density at radius 2 is 2.11 bits per heavy atom. The summed E-state index contributed by atoms with van der Waals surface area (Å²) < 4.78 is 5.11. The summed E-state index contributed by atoms with van der Waals surface area (Å²) in [6.45, 7) is 6.45. The fourth-order valence-corrected chi connectivity index (χ4v) is 1.63. The van der Waals surface area contributed by atoms with Gasteiger partial charge in [0.05, 0.1) is 11.8 Å². The van der Waals surface area contributed by atoms with Gasteiger partial charge >= 0.3 is 5.97 Å². The number of carbonyl (C=O) groups is 2. The van der Waals surface area contributed by atoms with Crippen LogP contribution in [0.1, 0.15) is 41.9 Å². The van der Waals surface area contributed by atoms with E-state index in [9.17, 15) is 9.59 Å². The first-order chi connectivity index (χ1) is 8.41. The van der Waals surface area contributed by atoms with Gasteiger partial charge in [0, 0.05) is 12.1 Å². The molecule has 18 heavy (non-hydrogen) atoms. The molecule has 1 aromatic rings. The number of amides is 1. The van der Waals surface area contributed by atoms with Gasteiger partial charge in [0.25, 0.3) is 5.91 Å². The van der Waals surface area contributed by atoms with Crippen molar-refractivity contribution in [3.8, 4) is 0 Å². The van der Waals surface area contributed by atoms with Gasteiger partial charge in [0.2, 0.25) is 0 Å². The Bertz CT molecular complexity index is 434. The number of carboxylic acids is 1. The van der Waals surface area contributed by atoms with Crippen LogP contribution in [0.25, 0.3) is 0 Å². The molecular weight excluding hydrogens is 234 g/mol. The van der Waals surface area contributed by atoms with E-state index in [4.69, 9.17) is 9.52 Å². The Kier molecular flexibility index (Phi) is 4.95. The molecule has 0 saturated heterocycles. The maximum atomic E-state index is 11.9. The first-order valence-electron chi connectivity index (χ1n) is 5.98. The number of carbonyl (C=O) groups excluding carboxylic acids is 1. The maximum absolute atomic E-state index is 11.9. The predicted molar refractivity (Wildman–Crippen MR) is 66.6 cm³/mol. The van der Waals surface area contributed by atoms with Crippen LogP contribution in [0.15, 0.2) is 10.7 Å². The molecule has 1 rings (SSSR count). The fourth-order valence-electron chi connectivity index (χ4n) is 1.63. The molecule has 0 fully saturated rings. The van der Waals surface area contributed by atoms with Gasteiger partial charge in [-0.1, -0.05) is 13.8 Å². The fraction of sp³-hybridized carbons (Fsp3) is 0.538. The SMILES string of the molecule is Cc1coc(CC(=O)O)c1C(=O)NCCC(C)C. The molecule has 0 bridgehead atoms.